The van der Waals surface area contributed by atoms with Gasteiger partial charge in [0.15, 0.2) is 5.78 Å². The molecule has 3 heteroatoms. The molecule has 1 fully saturated rings. The van der Waals surface area contributed by atoms with E-state index in [-0.39, 0.29) is 17.8 Å². The van der Waals surface area contributed by atoms with Crippen molar-refractivity contribution in [2.24, 2.45) is 17.8 Å². The van der Waals surface area contributed by atoms with Crippen LogP contribution in [0.3, 0.4) is 0 Å². The monoisotopic (exact) mass is 361 g/mol. The average Bonchev–Trinajstić information content (AvgIpc) is 3.09. The summed E-state index contributed by atoms with van der Waals surface area (Å²) in [5.74, 6) is 1.42. The highest BCUT2D eigenvalue weighted by Gasteiger charge is 2.43. The Kier molecular flexibility index (Phi) is 9.07. The van der Waals surface area contributed by atoms with E-state index in [9.17, 15) is 9.90 Å². The first-order valence-corrected chi connectivity index (χ1v) is 10.7. The molecule has 0 amide bonds. The number of nitrogens with zero attached hydrogens (tertiary/aromatic N) is 1. The van der Waals surface area contributed by atoms with Gasteiger partial charge < -0.3 is 10.0 Å². The molecule has 2 aliphatic rings. The highest BCUT2D eigenvalue weighted by Crippen LogP contribution is 2.48. The molecule has 2 aliphatic carbocycles. The molecule has 0 aromatic rings. The molecule has 0 saturated heterocycles. The van der Waals surface area contributed by atoms with Crippen molar-refractivity contribution < 1.29 is 9.90 Å². The number of carbonyl (C=O) groups is 1. The van der Waals surface area contributed by atoms with Crippen LogP contribution in [-0.2, 0) is 4.79 Å². The molecule has 0 unspecified atom stereocenters. The molecule has 0 bridgehead atoms. The fourth-order valence-corrected chi connectivity index (χ4v) is 4.60. The van der Waals surface area contributed by atoms with Crippen molar-refractivity contribution in [3.05, 3.63) is 23.8 Å². The predicted octanol–water partition coefficient (Wildman–Crippen LogP) is 4.76. The van der Waals surface area contributed by atoms with E-state index in [2.05, 4.69) is 32.0 Å². The molecule has 0 spiro atoms. The van der Waals surface area contributed by atoms with Crippen LogP contribution in [0, 0.1) is 17.8 Å². The summed E-state index contributed by atoms with van der Waals surface area (Å²) >= 11 is 0. The van der Waals surface area contributed by atoms with Gasteiger partial charge in [-0.3, -0.25) is 4.79 Å². The maximum absolute atomic E-state index is 12.0. The van der Waals surface area contributed by atoms with Crippen molar-refractivity contribution in [1.82, 2.24) is 4.90 Å². The van der Waals surface area contributed by atoms with Crippen molar-refractivity contribution in [3.63, 3.8) is 0 Å². The van der Waals surface area contributed by atoms with Crippen molar-refractivity contribution >= 4 is 5.78 Å². The first-order chi connectivity index (χ1) is 12.5. The minimum absolute atomic E-state index is 0.164. The van der Waals surface area contributed by atoms with E-state index in [1.807, 2.05) is 6.08 Å². The zero-order chi connectivity index (χ0) is 18.9. The van der Waals surface area contributed by atoms with Crippen LogP contribution < -0.4 is 0 Å². The fraction of sp³-hybridized carbons (Fsp3) is 0.783. The molecule has 0 radical (unpaired) electrons. The van der Waals surface area contributed by atoms with Crippen LogP contribution in [0.15, 0.2) is 23.8 Å². The average molecular weight is 362 g/mol. The number of allylic oxidation sites excluding steroid dienone is 3. The Morgan fingerprint density at radius 3 is 2.77 bits per heavy atom. The summed E-state index contributed by atoms with van der Waals surface area (Å²) < 4.78 is 0. The Hall–Kier alpha value is -0.930. The van der Waals surface area contributed by atoms with Gasteiger partial charge in [-0.2, -0.15) is 0 Å². The van der Waals surface area contributed by atoms with Gasteiger partial charge in [0.1, 0.15) is 0 Å². The smallest absolute Gasteiger partial charge is 0.155 e. The highest BCUT2D eigenvalue weighted by molar-refractivity contribution is 5.89. The van der Waals surface area contributed by atoms with Gasteiger partial charge in [-0.25, -0.2) is 0 Å². The number of ketones is 1. The maximum atomic E-state index is 12.0. The van der Waals surface area contributed by atoms with Crippen LogP contribution >= 0.6 is 0 Å². The number of unbranched alkanes of at least 4 members (excludes halogenated alkanes) is 4. The third-order valence-electron chi connectivity index (χ3n) is 6.08. The first kappa shape index (κ1) is 21.4. The van der Waals surface area contributed by atoms with Crippen LogP contribution in [0.4, 0.5) is 0 Å². The van der Waals surface area contributed by atoms with Crippen LogP contribution in [-0.4, -0.2) is 42.5 Å². The van der Waals surface area contributed by atoms with Gasteiger partial charge >= 0.3 is 0 Å². The molecule has 148 valence electrons. The van der Waals surface area contributed by atoms with Crippen LogP contribution in [0.1, 0.15) is 71.1 Å². The molecule has 0 aromatic heterocycles. The molecule has 4 atom stereocenters. The minimum atomic E-state index is -0.275. The summed E-state index contributed by atoms with van der Waals surface area (Å²) in [6.07, 6.45) is 16.9. The molecule has 0 aliphatic heterocycles. The van der Waals surface area contributed by atoms with Gasteiger partial charge in [0.05, 0.1) is 6.10 Å². The molecule has 0 heterocycles. The van der Waals surface area contributed by atoms with Gasteiger partial charge in [-0.1, -0.05) is 43.9 Å². The first-order valence-electron chi connectivity index (χ1n) is 10.7. The Labute approximate surface area is 160 Å². The van der Waals surface area contributed by atoms with Gasteiger partial charge in [-0.05, 0) is 77.1 Å². The zero-order valence-corrected chi connectivity index (χ0v) is 17.1. The van der Waals surface area contributed by atoms with E-state index >= 15 is 0 Å². The Bertz CT molecular complexity index is 494. The second kappa shape index (κ2) is 11.0. The third-order valence-corrected chi connectivity index (χ3v) is 6.08. The number of rotatable bonds is 12. The summed E-state index contributed by atoms with van der Waals surface area (Å²) in [5.41, 5.74) is 1.59. The molecule has 2 rings (SSSR count). The van der Waals surface area contributed by atoms with E-state index in [1.54, 1.807) is 11.6 Å². The molecule has 26 heavy (non-hydrogen) atoms. The number of aliphatic hydroxyl groups excluding tert-OH is 1. The van der Waals surface area contributed by atoms with E-state index in [0.29, 0.717) is 18.3 Å². The quantitative estimate of drug-likeness (QED) is 0.310. The largest absolute Gasteiger partial charge is 0.392 e. The molecular weight excluding hydrogens is 322 g/mol. The molecule has 1 N–H and O–H groups in total. The lowest BCUT2D eigenvalue weighted by molar-refractivity contribution is -0.114. The van der Waals surface area contributed by atoms with Gasteiger partial charge in [0.25, 0.3) is 0 Å². The number of aliphatic hydroxyl groups is 1. The summed E-state index contributed by atoms with van der Waals surface area (Å²) in [4.78, 5) is 14.3. The number of hydrogen-bond donors (Lipinski definition) is 1. The normalized spacial score (nSPS) is 28.1. The SMILES string of the molecule is CCCCCC(=O)C=C[C@@H]1[C@H]2CC(CCCCCN(C)C)=C[C@H]2C[C@H]1O. The van der Waals surface area contributed by atoms with Crippen LogP contribution in [0.25, 0.3) is 0 Å². The van der Waals surface area contributed by atoms with Crippen molar-refractivity contribution in [3.8, 4) is 0 Å². The van der Waals surface area contributed by atoms with Gasteiger partial charge in [0.2, 0.25) is 0 Å². The van der Waals surface area contributed by atoms with Crippen molar-refractivity contribution in [2.45, 2.75) is 77.2 Å². The lowest BCUT2D eigenvalue weighted by Gasteiger charge is -2.18. The number of hydrogen-bond acceptors (Lipinski definition) is 3. The number of fused-ring (bicyclic) bond motifs is 1. The minimum Gasteiger partial charge on any atom is -0.392 e. The van der Waals surface area contributed by atoms with E-state index in [1.165, 1.54) is 32.2 Å². The van der Waals surface area contributed by atoms with Gasteiger partial charge in [-0.15, -0.1) is 0 Å². The lowest BCUT2D eigenvalue weighted by Crippen LogP contribution is -2.17. The van der Waals surface area contributed by atoms with Crippen molar-refractivity contribution in [1.29, 1.82) is 0 Å². The summed E-state index contributed by atoms with van der Waals surface area (Å²) in [5, 5.41) is 10.4. The predicted molar refractivity (Wildman–Crippen MR) is 109 cm³/mol. The highest BCUT2D eigenvalue weighted by atomic mass is 16.3. The van der Waals surface area contributed by atoms with E-state index in [4.69, 9.17) is 0 Å². The standard InChI is InChI=1S/C23H39NO2/c1-4-5-7-11-20(25)12-13-21-22-16-18(15-19(22)17-23(21)26)10-8-6-9-14-24(2)3/h12-13,15,19,21-23,26H,4-11,14,16-17H2,1-3H3/t19-,21+,22-,23+/m0/s1. The molecular formula is C23H39NO2. The van der Waals surface area contributed by atoms with Crippen LogP contribution in [0.5, 0.6) is 0 Å². The molecule has 3 nitrogen and oxygen atoms in total. The van der Waals surface area contributed by atoms with E-state index in [0.717, 1.165) is 32.1 Å². The topological polar surface area (TPSA) is 40.5 Å². The van der Waals surface area contributed by atoms with Gasteiger partial charge in [0, 0.05) is 12.3 Å². The summed E-state index contributed by atoms with van der Waals surface area (Å²) in [6.45, 7) is 3.33. The van der Waals surface area contributed by atoms with Crippen molar-refractivity contribution in [2.75, 3.05) is 20.6 Å². The summed E-state index contributed by atoms with van der Waals surface area (Å²) in [7, 11) is 4.27. The number of carbonyl (C=O) groups excluding carboxylic acids is 1. The Morgan fingerprint density at radius 2 is 2.04 bits per heavy atom. The maximum Gasteiger partial charge on any atom is 0.155 e. The lowest BCUT2D eigenvalue weighted by atomic mass is 9.88. The third kappa shape index (κ3) is 6.66. The summed E-state index contributed by atoms with van der Waals surface area (Å²) in [6, 6.07) is 0. The van der Waals surface area contributed by atoms with E-state index < -0.39 is 0 Å². The Morgan fingerprint density at radius 1 is 1.23 bits per heavy atom. The second-order valence-corrected chi connectivity index (χ2v) is 8.63. The second-order valence-electron chi connectivity index (χ2n) is 8.63. The molecule has 1 saturated carbocycles. The van der Waals surface area contributed by atoms with Crippen LogP contribution in [0.2, 0.25) is 0 Å². The Balaban J connectivity index is 1.75. The molecule has 0 aromatic carbocycles. The fourth-order valence-electron chi connectivity index (χ4n) is 4.60. The zero-order valence-electron chi connectivity index (χ0n) is 17.1.